The molecule has 0 spiro atoms. The molecule has 0 amide bonds. The van der Waals surface area contributed by atoms with Gasteiger partial charge in [-0.2, -0.15) is 0 Å². The Kier molecular flexibility index (Phi) is 5.80. The van der Waals surface area contributed by atoms with E-state index in [0.29, 0.717) is 22.6 Å². The minimum Gasteiger partial charge on any atom is -0.332 e. The third-order valence-electron chi connectivity index (χ3n) is 3.76. The summed E-state index contributed by atoms with van der Waals surface area (Å²) in [6.45, 7) is 2.47. The Bertz CT molecular complexity index is 927. The second kappa shape index (κ2) is 8.25. The number of benzene rings is 2. The molecule has 0 radical (unpaired) electrons. The van der Waals surface area contributed by atoms with Crippen LogP contribution < -0.4 is 10.6 Å². The molecule has 0 unspecified atom stereocenters. The summed E-state index contributed by atoms with van der Waals surface area (Å²) < 4.78 is 14.7. The average molecular weight is 390 g/mol. The van der Waals surface area contributed by atoms with E-state index in [0.717, 1.165) is 17.7 Å². The van der Waals surface area contributed by atoms with Gasteiger partial charge in [-0.25, -0.2) is 14.1 Å². The molecular weight excluding hydrogens is 373 g/mol. The summed E-state index contributed by atoms with van der Waals surface area (Å²) in [4.78, 5) is 4.18. The van der Waals surface area contributed by atoms with Crippen molar-refractivity contribution in [3.63, 3.8) is 0 Å². The number of anilines is 2. The van der Waals surface area contributed by atoms with E-state index < -0.39 is 0 Å². The first-order valence-corrected chi connectivity index (χ1v) is 8.83. The fourth-order valence-corrected chi connectivity index (χ4v) is 2.89. The SMILES string of the molecule is CCc1ccccc1NC(=S)Nc1ncn(Cc2ccc(F)cc2Cl)n1. The fraction of sp³-hybridized carbons (Fsp3) is 0.167. The van der Waals surface area contributed by atoms with E-state index in [-0.39, 0.29) is 5.82 Å². The van der Waals surface area contributed by atoms with E-state index in [4.69, 9.17) is 23.8 Å². The highest BCUT2D eigenvalue weighted by Gasteiger charge is 2.08. The summed E-state index contributed by atoms with van der Waals surface area (Å²) in [5, 5.41) is 11.2. The maximum absolute atomic E-state index is 13.1. The molecule has 134 valence electrons. The molecule has 0 fully saturated rings. The van der Waals surface area contributed by atoms with Gasteiger partial charge < -0.3 is 5.32 Å². The molecule has 1 aromatic heterocycles. The summed E-state index contributed by atoms with van der Waals surface area (Å²) in [6, 6.07) is 12.2. The van der Waals surface area contributed by atoms with Gasteiger partial charge in [-0.15, -0.1) is 5.10 Å². The van der Waals surface area contributed by atoms with Crippen LogP contribution in [0.15, 0.2) is 48.8 Å². The van der Waals surface area contributed by atoms with Crippen molar-refractivity contribution in [1.82, 2.24) is 14.8 Å². The smallest absolute Gasteiger partial charge is 0.248 e. The van der Waals surface area contributed by atoms with Gasteiger partial charge in [-0.05, 0) is 48.0 Å². The quantitative estimate of drug-likeness (QED) is 0.629. The topological polar surface area (TPSA) is 54.8 Å². The fourth-order valence-electron chi connectivity index (χ4n) is 2.46. The van der Waals surface area contributed by atoms with Gasteiger partial charge in [0.15, 0.2) is 5.11 Å². The second-order valence-electron chi connectivity index (χ2n) is 5.59. The first-order chi connectivity index (χ1) is 12.5. The van der Waals surface area contributed by atoms with Crippen LogP contribution in [0.4, 0.5) is 16.0 Å². The number of halogens is 2. The van der Waals surface area contributed by atoms with Gasteiger partial charge in [-0.3, -0.25) is 5.32 Å². The number of nitrogens with one attached hydrogen (secondary N) is 2. The Balaban J connectivity index is 1.63. The van der Waals surface area contributed by atoms with Gasteiger partial charge in [-0.1, -0.05) is 42.8 Å². The molecule has 0 saturated heterocycles. The van der Waals surface area contributed by atoms with Crippen LogP contribution >= 0.6 is 23.8 Å². The van der Waals surface area contributed by atoms with Crippen molar-refractivity contribution in [3.8, 4) is 0 Å². The number of aryl methyl sites for hydroxylation is 1. The van der Waals surface area contributed by atoms with Crippen LogP contribution in [0, 0.1) is 5.82 Å². The number of aromatic nitrogens is 3. The van der Waals surface area contributed by atoms with Gasteiger partial charge in [0.05, 0.1) is 6.54 Å². The lowest BCUT2D eigenvalue weighted by molar-refractivity contribution is 0.624. The van der Waals surface area contributed by atoms with Gasteiger partial charge in [0.25, 0.3) is 0 Å². The van der Waals surface area contributed by atoms with Crippen molar-refractivity contribution in [3.05, 3.63) is 70.8 Å². The molecule has 3 rings (SSSR count). The number of thiocarbonyl (C=S) groups is 1. The zero-order chi connectivity index (χ0) is 18.5. The van der Waals surface area contributed by atoms with Gasteiger partial charge in [0, 0.05) is 10.7 Å². The minimum absolute atomic E-state index is 0.350. The zero-order valence-electron chi connectivity index (χ0n) is 14.0. The van der Waals surface area contributed by atoms with Crippen molar-refractivity contribution >= 4 is 40.6 Å². The predicted molar refractivity (Wildman–Crippen MR) is 106 cm³/mol. The van der Waals surface area contributed by atoms with Crippen LogP contribution in [0.3, 0.4) is 0 Å². The molecule has 0 aliphatic carbocycles. The third-order valence-corrected chi connectivity index (χ3v) is 4.31. The summed E-state index contributed by atoms with van der Waals surface area (Å²) in [5.41, 5.74) is 2.87. The van der Waals surface area contributed by atoms with Crippen LogP contribution in [-0.2, 0) is 13.0 Å². The van der Waals surface area contributed by atoms with E-state index in [1.54, 1.807) is 17.1 Å². The highest BCUT2D eigenvalue weighted by atomic mass is 35.5. The van der Waals surface area contributed by atoms with E-state index in [2.05, 4.69) is 27.6 Å². The molecule has 0 aliphatic heterocycles. The van der Waals surface area contributed by atoms with E-state index in [1.165, 1.54) is 17.7 Å². The number of para-hydroxylation sites is 1. The number of rotatable bonds is 5. The number of hydrogen-bond acceptors (Lipinski definition) is 3. The van der Waals surface area contributed by atoms with Crippen LogP contribution in [0.25, 0.3) is 0 Å². The maximum atomic E-state index is 13.1. The van der Waals surface area contributed by atoms with Crippen LogP contribution in [0.1, 0.15) is 18.1 Å². The van der Waals surface area contributed by atoms with Gasteiger partial charge >= 0.3 is 0 Å². The second-order valence-corrected chi connectivity index (χ2v) is 6.41. The first kappa shape index (κ1) is 18.3. The zero-order valence-corrected chi connectivity index (χ0v) is 15.6. The molecule has 0 atom stereocenters. The summed E-state index contributed by atoms with van der Waals surface area (Å²) >= 11 is 11.4. The summed E-state index contributed by atoms with van der Waals surface area (Å²) in [5.74, 6) is -0.00167. The molecular formula is C18H17ClFN5S. The van der Waals surface area contributed by atoms with Crippen LogP contribution in [0.2, 0.25) is 5.02 Å². The molecule has 26 heavy (non-hydrogen) atoms. The number of hydrogen-bond donors (Lipinski definition) is 2. The average Bonchev–Trinajstić information content (AvgIpc) is 3.04. The number of nitrogens with zero attached hydrogens (tertiary/aromatic N) is 3. The standard InChI is InChI=1S/C18H17ClFN5S/c1-2-12-5-3-4-6-16(12)22-18(26)23-17-21-11-25(24-17)10-13-7-8-14(20)9-15(13)19/h3-9,11H,2,10H2,1H3,(H2,22,23,24,26). The van der Waals surface area contributed by atoms with Crippen LogP contribution in [0.5, 0.6) is 0 Å². The molecule has 0 saturated carbocycles. The molecule has 0 aliphatic rings. The van der Waals surface area contributed by atoms with Crippen molar-refractivity contribution < 1.29 is 4.39 Å². The Morgan fingerprint density at radius 1 is 1.19 bits per heavy atom. The Morgan fingerprint density at radius 3 is 2.77 bits per heavy atom. The van der Waals surface area contributed by atoms with E-state index >= 15 is 0 Å². The highest BCUT2D eigenvalue weighted by Crippen LogP contribution is 2.18. The van der Waals surface area contributed by atoms with Crippen molar-refractivity contribution in [2.75, 3.05) is 10.6 Å². The summed E-state index contributed by atoms with van der Waals surface area (Å²) in [7, 11) is 0. The minimum atomic E-state index is -0.372. The molecule has 2 aromatic carbocycles. The van der Waals surface area contributed by atoms with E-state index in [1.807, 2.05) is 24.3 Å². The molecule has 5 nitrogen and oxygen atoms in total. The van der Waals surface area contributed by atoms with Crippen molar-refractivity contribution in [2.45, 2.75) is 19.9 Å². The van der Waals surface area contributed by atoms with E-state index in [9.17, 15) is 4.39 Å². The van der Waals surface area contributed by atoms with Crippen molar-refractivity contribution in [2.24, 2.45) is 0 Å². The third kappa shape index (κ3) is 4.56. The molecule has 1 heterocycles. The van der Waals surface area contributed by atoms with Gasteiger partial charge in [0.2, 0.25) is 5.95 Å². The molecule has 3 aromatic rings. The highest BCUT2D eigenvalue weighted by molar-refractivity contribution is 7.80. The van der Waals surface area contributed by atoms with Gasteiger partial charge in [0.1, 0.15) is 12.1 Å². The largest absolute Gasteiger partial charge is 0.332 e. The lowest BCUT2D eigenvalue weighted by Gasteiger charge is -2.11. The monoisotopic (exact) mass is 389 g/mol. The maximum Gasteiger partial charge on any atom is 0.248 e. The molecule has 2 N–H and O–H groups in total. The van der Waals surface area contributed by atoms with Crippen LogP contribution in [-0.4, -0.2) is 19.9 Å². The molecule has 0 bridgehead atoms. The lowest BCUT2D eigenvalue weighted by atomic mass is 10.1. The Morgan fingerprint density at radius 2 is 2.00 bits per heavy atom. The Hall–Kier alpha value is -2.51. The normalized spacial score (nSPS) is 10.6. The summed E-state index contributed by atoms with van der Waals surface area (Å²) in [6.07, 6.45) is 2.46. The Labute approximate surface area is 161 Å². The first-order valence-electron chi connectivity index (χ1n) is 8.04. The molecule has 8 heteroatoms. The lowest BCUT2D eigenvalue weighted by Crippen LogP contribution is -2.20. The van der Waals surface area contributed by atoms with Crippen molar-refractivity contribution in [1.29, 1.82) is 0 Å². The predicted octanol–water partition coefficient (Wildman–Crippen LogP) is 4.49.